The summed E-state index contributed by atoms with van der Waals surface area (Å²) in [4.78, 5) is 21.5. The standard InChI is InChI=1S/C10H17NO4/c1-15-9(12)7-10(8-11(13)14)5-3-2-4-6-10/h2-8H2,1H3/i7D2,8D2. The number of methoxy groups -OCH3 is 1. The van der Waals surface area contributed by atoms with E-state index >= 15 is 0 Å². The molecule has 0 N–H and O–H groups in total. The number of carbonyl (C=O) groups is 1. The predicted octanol–water partition coefficient (Wildman–Crippen LogP) is 1.78. The van der Waals surface area contributed by atoms with Gasteiger partial charge in [-0.2, -0.15) is 0 Å². The number of hydrogen-bond donors (Lipinski definition) is 0. The maximum absolute atomic E-state index is 11.6. The molecule has 0 aromatic carbocycles. The van der Waals surface area contributed by atoms with Gasteiger partial charge in [0.25, 0.3) is 0 Å². The summed E-state index contributed by atoms with van der Waals surface area (Å²) in [6, 6.07) is 0. The highest BCUT2D eigenvalue weighted by atomic mass is 16.6. The first-order valence-electron chi connectivity index (χ1n) is 6.86. The summed E-state index contributed by atoms with van der Waals surface area (Å²) >= 11 is 0. The van der Waals surface area contributed by atoms with Crippen LogP contribution in [0.4, 0.5) is 0 Å². The molecule has 0 atom stereocenters. The van der Waals surface area contributed by atoms with Crippen LogP contribution in [-0.2, 0) is 9.53 Å². The number of nitrogens with zero attached hydrogens (tertiary/aromatic N) is 1. The molecule has 0 amide bonds. The van der Waals surface area contributed by atoms with Crippen LogP contribution in [-0.4, -0.2) is 24.5 Å². The van der Waals surface area contributed by atoms with E-state index in [9.17, 15) is 14.9 Å². The van der Waals surface area contributed by atoms with E-state index in [4.69, 9.17) is 5.48 Å². The molecule has 0 aliphatic heterocycles. The first-order valence-corrected chi connectivity index (χ1v) is 4.86. The van der Waals surface area contributed by atoms with Crippen molar-refractivity contribution in [2.75, 3.05) is 13.6 Å². The maximum Gasteiger partial charge on any atom is 0.306 e. The molecule has 15 heavy (non-hydrogen) atoms. The Morgan fingerprint density at radius 3 is 2.60 bits per heavy atom. The summed E-state index contributed by atoms with van der Waals surface area (Å²) in [6.07, 6.45) is -1.20. The summed E-state index contributed by atoms with van der Waals surface area (Å²) in [5.41, 5.74) is -1.99. The Labute approximate surface area is 94.6 Å². The number of carbonyl (C=O) groups excluding carboxylic acids is 1. The minimum Gasteiger partial charge on any atom is -0.469 e. The smallest absolute Gasteiger partial charge is 0.306 e. The molecule has 1 rings (SSSR count). The van der Waals surface area contributed by atoms with Crippen molar-refractivity contribution < 1.29 is 19.9 Å². The van der Waals surface area contributed by atoms with Crippen LogP contribution in [0.25, 0.3) is 0 Å². The third kappa shape index (κ3) is 3.49. The average Bonchev–Trinajstić information content (AvgIpc) is 2.37. The Bertz CT molecular complexity index is 380. The molecule has 0 aromatic heterocycles. The molecule has 86 valence electrons. The van der Waals surface area contributed by atoms with Crippen molar-refractivity contribution in [3.05, 3.63) is 10.1 Å². The molecule has 5 nitrogen and oxygen atoms in total. The molecular weight excluding hydrogens is 198 g/mol. The molecule has 0 radical (unpaired) electrons. The van der Waals surface area contributed by atoms with Gasteiger partial charge in [0.15, 0.2) is 0 Å². The average molecular weight is 219 g/mol. The Balaban J connectivity index is 3.36. The van der Waals surface area contributed by atoms with Gasteiger partial charge in [0.05, 0.1) is 13.5 Å². The van der Waals surface area contributed by atoms with E-state index in [2.05, 4.69) is 4.74 Å². The largest absolute Gasteiger partial charge is 0.469 e. The lowest BCUT2D eigenvalue weighted by molar-refractivity contribution is -0.498. The van der Waals surface area contributed by atoms with Gasteiger partial charge < -0.3 is 4.74 Å². The highest BCUT2D eigenvalue weighted by molar-refractivity contribution is 5.70. The van der Waals surface area contributed by atoms with Crippen LogP contribution in [0.1, 0.15) is 44.0 Å². The van der Waals surface area contributed by atoms with Gasteiger partial charge in [-0.3, -0.25) is 14.9 Å². The van der Waals surface area contributed by atoms with E-state index in [1.807, 2.05) is 0 Å². The summed E-state index contributed by atoms with van der Waals surface area (Å²) in [6.45, 7) is -3.02. The summed E-state index contributed by atoms with van der Waals surface area (Å²) in [5, 5.41) is 11.0. The second kappa shape index (κ2) is 5.09. The fourth-order valence-electron chi connectivity index (χ4n) is 1.84. The molecule has 0 spiro atoms. The first kappa shape index (κ1) is 7.19. The van der Waals surface area contributed by atoms with Crippen molar-refractivity contribution in [2.45, 2.75) is 38.5 Å². The third-order valence-electron chi connectivity index (χ3n) is 2.54. The van der Waals surface area contributed by atoms with Gasteiger partial charge >= 0.3 is 5.97 Å². The van der Waals surface area contributed by atoms with E-state index in [1.165, 1.54) is 0 Å². The van der Waals surface area contributed by atoms with Gasteiger partial charge in [0, 0.05) is 13.1 Å². The van der Waals surface area contributed by atoms with Gasteiger partial charge in [-0.05, 0) is 12.8 Å². The predicted molar refractivity (Wildman–Crippen MR) is 54.0 cm³/mol. The quantitative estimate of drug-likeness (QED) is 0.410. The van der Waals surface area contributed by atoms with Gasteiger partial charge in [-0.1, -0.05) is 19.3 Å². The van der Waals surface area contributed by atoms with Crippen LogP contribution in [0.3, 0.4) is 0 Å². The lowest BCUT2D eigenvalue weighted by atomic mass is 9.72. The van der Waals surface area contributed by atoms with Gasteiger partial charge in [0.2, 0.25) is 6.50 Å². The Morgan fingerprint density at radius 1 is 1.53 bits per heavy atom. The fraction of sp³-hybridized carbons (Fsp3) is 0.900. The van der Waals surface area contributed by atoms with E-state index < -0.39 is 29.2 Å². The molecule has 0 aromatic rings. The van der Waals surface area contributed by atoms with E-state index in [-0.39, 0.29) is 12.8 Å². The minimum atomic E-state index is -3.02. The molecule has 1 fully saturated rings. The zero-order chi connectivity index (χ0) is 14.9. The lowest BCUT2D eigenvalue weighted by Crippen LogP contribution is -2.34. The molecule has 0 saturated heterocycles. The SMILES string of the molecule is [2H]C([2H])(C(=O)OC)C1(C([2H])([2H])[N+](=O)[O-])CCCCC1. The molecule has 1 saturated carbocycles. The summed E-state index contributed by atoms with van der Waals surface area (Å²) in [7, 11) is 0.985. The monoisotopic (exact) mass is 219 g/mol. The number of esters is 1. The van der Waals surface area contributed by atoms with E-state index in [1.54, 1.807) is 0 Å². The van der Waals surface area contributed by atoms with Crippen LogP contribution in [0.15, 0.2) is 0 Å². The van der Waals surface area contributed by atoms with Gasteiger partial charge in [0.1, 0.15) is 2.74 Å². The minimum absolute atomic E-state index is 0.0525. The van der Waals surface area contributed by atoms with Crippen LogP contribution in [0.5, 0.6) is 0 Å². The fourth-order valence-corrected chi connectivity index (χ4v) is 1.84. The first-order chi connectivity index (χ1) is 8.63. The molecule has 5 heteroatoms. The van der Waals surface area contributed by atoms with Crippen molar-refractivity contribution in [3.8, 4) is 0 Å². The summed E-state index contributed by atoms with van der Waals surface area (Å²) in [5.74, 6) is -1.26. The Kier molecular flexibility index (Phi) is 2.44. The van der Waals surface area contributed by atoms with Crippen LogP contribution < -0.4 is 0 Å². The number of ether oxygens (including phenoxy) is 1. The van der Waals surface area contributed by atoms with Crippen LogP contribution >= 0.6 is 0 Å². The zero-order valence-electron chi connectivity index (χ0n) is 12.6. The van der Waals surface area contributed by atoms with Gasteiger partial charge in [-0.25, -0.2) is 0 Å². The lowest BCUT2D eigenvalue weighted by Gasteiger charge is -2.32. The van der Waals surface area contributed by atoms with Crippen molar-refractivity contribution in [1.29, 1.82) is 0 Å². The molecule has 0 unspecified atom stereocenters. The number of hydrogen-bond acceptors (Lipinski definition) is 4. The molecule has 0 bridgehead atoms. The molecular formula is C10H17NO4. The van der Waals surface area contributed by atoms with Crippen molar-refractivity contribution in [1.82, 2.24) is 0 Å². The highest BCUT2D eigenvalue weighted by Gasteiger charge is 2.39. The highest BCUT2D eigenvalue weighted by Crippen LogP contribution is 2.39. The van der Waals surface area contributed by atoms with E-state index in [0.29, 0.717) is 12.8 Å². The number of rotatable bonds is 4. The molecule has 0 heterocycles. The van der Waals surface area contributed by atoms with Crippen molar-refractivity contribution >= 4 is 5.97 Å². The molecule has 1 aliphatic carbocycles. The number of nitro groups is 1. The van der Waals surface area contributed by atoms with E-state index in [0.717, 1.165) is 13.5 Å². The second-order valence-electron chi connectivity index (χ2n) is 3.63. The normalized spacial score (nSPS) is 25.4. The van der Waals surface area contributed by atoms with Crippen molar-refractivity contribution in [3.63, 3.8) is 0 Å². The second-order valence-corrected chi connectivity index (χ2v) is 3.63. The molecule has 1 aliphatic rings. The Hall–Kier alpha value is -1.13. The maximum atomic E-state index is 11.6. The summed E-state index contributed by atoms with van der Waals surface area (Å²) < 4.78 is 35.4. The van der Waals surface area contributed by atoms with Crippen LogP contribution in [0, 0.1) is 15.5 Å². The van der Waals surface area contributed by atoms with Crippen LogP contribution in [0.2, 0.25) is 0 Å². The Morgan fingerprint density at radius 2 is 2.13 bits per heavy atom. The third-order valence-corrected chi connectivity index (χ3v) is 2.54. The topological polar surface area (TPSA) is 69.4 Å². The van der Waals surface area contributed by atoms with Crippen molar-refractivity contribution in [2.24, 2.45) is 5.41 Å². The zero-order valence-corrected chi connectivity index (χ0v) is 8.62. The van der Waals surface area contributed by atoms with Gasteiger partial charge in [-0.15, -0.1) is 0 Å².